The van der Waals surface area contributed by atoms with Crippen molar-refractivity contribution in [1.82, 2.24) is 4.72 Å². The summed E-state index contributed by atoms with van der Waals surface area (Å²) in [7, 11) is -4.11. The zero-order chi connectivity index (χ0) is 21.8. The Balaban J connectivity index is 1.56. The molecule has 1 aliphatic carbocycles. The van der Waals surface area contributed by atoms with Crippen LogP contribution in [0.3, 0.4) is 0 Å². The number of aliphatic carboxylic acids is 1. The lowest BCUT2D eigenvalue weighted by Gasteiger charge is -2.32. The van der Waals surface area contributed by atoms with Crippen LogP contribution in [0.1, 0.15) is 31.7 Å². The largest absolute Gasteiger partial charge is 0.480 e. The Morgan fingerprint density at radius 2 is 1.77 bits per heavy atom. The standard InChI is InChI=1S/C20H22F2N2O4S2/c1-18(14-5-3-2-4-6-14)13-20(18,17(25)26)23-30(27,28)16-8-7-15(29-16)24-11-9-19(21,22)10-12-24/h2-8,23H,9-13H2,1H3,(H,25,26)/t18?,20-/m1/s1. The zero-order valence-corrected chi connectivity index (χ0v) is 17.9. The molecule has 1 aromatic heterocycles. The van der Waals surface area contributed by atoms with Gasteiger partial charge in [-0.25, -0.2) is 17.2 Å². The number of sulfonamides is 1. The third-order valence-electron chi connectivity index (χ3n) is 6.16. The van der Waals surface area contributed by atoms with Crippen molar-refractivity contribution in [2.24, 2.45) is 0 Å². The Kier molecular flexibility index (Phi) is 4.94. The Morgan fingerprint density at radius 3 is 2.37 bits per heavy atom. The van der Waals surface area contributed by atoms with Crippen molar-refractivity contribution in [1.29, 1.82) is 0 Å². The van der Waals surface area contributed by atoms with E-state index in [1.165, 1.54) is 6.07 Å². The first-order valence-corrected chi connectivity index (χ1v) is 11.8. The molecule has 0 amide bonds. The van der Waals surface area contributed by atoms with Gasteiger partial charge in [0.2, 0.25) is 0 Å². The van der Waals surface area contributed by atoms with Crippen molar-refractivity contribution in [3.63, 3.8) is 0 Å². The third kappa shape index (κ3) is 3.50. The number of halogens is 2. The Morgan fingerprint density at radius 1 is 1.13 bits per heavy atom. The van der Waals surface area contributed by atoms with E-state index in [-0.39, 0.29) is 36.6 Å². The van der Waals surface area contributed by atoms with Gasteiger partial charge in [-0.15, -0.1) is 11.3 Å². The molecule has 10 heteroatoms. The minimum atomic E-state index is -4.11. The molecule has 1 saturated heterocycles. The highest BCUT2D eigenvalue weighted by atomic mass is 32.2. The fourth-order valence-corrected chi connectivity index (χ4v) is 6.90. The number of carboxylic acid groups (broad SMARTS) is 1. The van der Waals surface area contributed by atoms with Gasteiger partial charge in [-0.1, -0.05) is 37.3 Å². The van der Waals surface area contributed by atoms with E-state index in [0.717, 1.165) is 16.9 Å². The van der Waals surface area contributed by atoms with Crippen LogP contribution < -0.4 is 9.62 Å². The van der Waals surface area contributed by atoms with E-state index in [0.29, 0.717) is 5.00 Å². The number of hydrogen-bond donors (Lipinski definition) is 2. The number of anilines is 1. The summed E-state index contributed by atoms with van der Waals surface area (Å²) in [5.74, 6) is -3.92. The van der Waals surface area contributed by atoms with Gasteiger partial charge in [-0.2, -0.15) is 4.72 Å². The lowest BCUT2D eigenvalue weighted by atomic mass is 9.93. The van der Waals surface area contributed by atoms with Gasteiger partial charge in [0.25, 0.3) is 15.9 Å². The molecule has 2 atom stereocenters. The van der Waals surface area contributed by atoms with E-state index in [2.05, 4.69) is 4.72 Å². The van der Waals surface area contributed by atoms with E-state index in [1.807, 2.05) is 6.07 Å². The number of piperidine rings is 1. The summed E-state index contributed by atoms with van der Waals surface area (Å²) in [4.78, 5) is 13.8. The second kappa shape index (κ2) is 7.00. The highest BCUT2D eigenvalue weighted by Gasteiger charge is 2.72. The van der Waals surface area contributed by atoms with Gasteiger partial charge >= 0.3 is 5.97 Å². The number of hydrogen-bond acceptors (Lipinski definition) is 5. The molecule has 2 fully saturated rings. The highest BCUT2D eigenvalue weighted by Crippen LogP contribution is 2.58. The molecule has 1 aliphatic heterocycles. The van der Waals surface area contributed by atoms with Crippen LogP contribution in [0.2, 0.25) is 0 Å². The van der Waals surface area contributed by atoms with E-state index in [4.69, 9.17) is 0 Å². The van der Waals surface area contributed by atoms with Crippen LogP contribution in [0.5, 0.6) is 0 Å². The lowest BCUT2D eigenvalue weighted by molar-refractivity contribution is -0.140. The summed E-state index contributed by atoms with van der Waals surface area (Å²) in [5, 5.41) is 10.4. The molecule has 30 heavy (non-hydrogen) atoms. The van der Waals surface area contributed by atoms with Gasteiger partial charge in [0, 0.05) is 31.3 Å². The van der Waals surface area contributed by atoms with E-state index in [1.54, 1.807) is 42.2 Å². The zero-order valence-electron chi connectivity index (χ0n) is 16.3. The average molecular weight is 457 g/mol. The number of carbonyl (C=O) groups is 1. The smallest absolute Gasteiger partial charge is 0.325 e. The molecule has 0 radical (unpaired) electrons. The third-order valence-corrected chi connectivity index (χ3v) is 9.29. The normalized spacial score (nSPS) is 28.3. The molecule has 1 saturated carbocycles. The summed E-state index contributed by atoms with van der Waals surface area (Å²) in [6.45, 7) is 2.02. The molecule has 162 valence electrons. The maximum Gasteiger partial charge on any atom is 0.325 e. The van der Waals surface area contributed by atoms with Crippen LogP contribution in [0.25, 0.3) is 0 Å². The minimum absolute atomic E-state index is 0.0298. The number of nitrogens with one attached hydrogen (secondary N) is 1. The Hall–Kier alpha value is -2.04. The van der Waals surface area contributed by atoms with Gasteiger partial charge in [0.1, 0.15) is 9.75 Å². The Labute approximate surface area is 177 Å². The highest BCUT2D eigenvalue weighted by molar-refractivity contribution is 7.91. The van der Waals surface area contributed by atoms with Crippen LogP contribution >= 0.6 is 11.3 Å². The molecule has 1 aromatic carbocycles. The van der Waals surface area contributed by atoms with Crippen LogP contribution in [0, 0.1) is 0 Å². The number of benzene rings is 1. The summed E-state index contributed by atoms with van der Waals surface area (Å²) < 4.78 is 55.2. The lowest BCUT2D eigenvalue weighted by Crippen LogP contribution is -2.47. The predicted molar refractivity (Wildman–Crippen MR) is 110 cm³/mol. The molecule has 0 spiro atoms. The van der Waals surface area contributed by atoms with E-state index < -0.39 is 32.9 Å². The van der Waals surface area contributed by atoms with Gasteiger partial charge in [-0.3, -0.25) is 4.79 Å². The fourth-order valence-electron chi connectivity index (χ4n) is 4.10. The van der Waals surface area contributed by atoms with Gasteiger partial charge in [0.15, 0.2) is 0 Å². The first-order valence-electron chi connectivity index (χ1n) is 9.55. The van der Waals surface area contributed by atoms with Crippen LogP contribution in [-0.2, 0) is 20.2 Å². The number of rotatable bonds is 6. The molecule has 4 rings (SSSR count). The van der Waals surface area contributed by atoms with Crippen LogP contribution in [-0.4, -0.2) is 44.0 Å². The molecule has 1 unspecified atom stereocenters. The van der Waals surface area contributed by atoms with Crippen molar-refractivity contribution in [2.75, 3.05) is 18.0 Å². The summed E-state index contributed by atoms with van der Waals surface area (Å²) in [6, 6.07) is 11.9. The van der Waals surface area contributed by atoms with Gasteiger partial charge in [-0.05, 0) is 24.1 Å². The summed E-state index contributed by atoms with van der Waals surface area (Å²) >= 11 is 0.960. The van der Waals surface area contributed by atoms with Gasteiger partial charge in [0.05, 0.1) is 5.00 Å². The van der Waals surface area contributed by atoms with Crippen molar-refractivity contribution in [3.05, 3.63) is 48.0 Å². The van der Waals surface area contributed by atoms with Crippen molar-refractivity contribution < 1.29 is 27.1 Å². The number of nitrogens with zero attached hydrogens (tertiary/aromatic N) is 1. The van der Waals surface area contributed by atoms with E-state index in [9.17, 15) is 27.1 Å². The molecule has 2 aromatic rings. The number of thiophene rings is 1. The van der Waals surface area contributed by atoms with Gasteiger partial charge < -0.3 is 10.0 Å². The van der Waals surface area contributed by atoms with Crippen molar-refractivity contribution in [3.8, 4) is 0 Å². The second-order valence-electron chi connectivity index (χ2n) is 8.13. The molecule has 6 nitrogen and oxygen atoms in total. The first kappa shape index (κ1) is 21.2. The fraction of sp³-hybridized carbons (Fsp3) is 0.450. The minimum Gasteiger partial charge on any atom is -0.480 e. The topological polar surface area (TPSA) is 86.7 Å². The SMILES string of the molecule is CC1(c2ccccc2)C[C@@]1(NS(=O)(=O)c1ccc(N2CCC(F)(F)CC2)s1)C(=O)O. The molecule has 2 heterocycles. The quantitative estimate of drug-likeness (QED) is 0.695. The summed E-state index contributed by atoms with van der Waals surface area (Å²) in [5.41, 5.74) is -1.76. The van der Waals surface area contributed by atoms with Crippen LogP contribution in [0.4, 0.5) is 13.8 Å². The maximum absolute atomic E-state index is 13.4. The maximum atomic E-state index is 13.4. The van der Waals surface area contributed by atoms with Crippen molar-refractivity contribution in [2.45, 2.75) is 47.3 Å². The first-order chi connectivity index (χ1) is 14.0. The molecular weight excluding hydrogens is 434 g/mol. The monoisotopic (exact) mass is 456 g/mol. The molecule has 2 N–H and O–H groups in total. The number of alkyl halides is 2. The average Bonchev–Trinajstić information content (AvgIpc) is 3.04. The number of carboxylic acids is 1. The molecular formula is C20H22F2N2O4S2. The van der Waals surface area contributed by atoms with Crippen molar-refractivity contribution >= 4 is 32.3 Å². The molecule has 2 aliphatic rings. The van der Waals surface area contributed by atoms with Crippen LogP contribution in [0.15, 0.2) is 46.7 Å². The Bertz CT molecular complexity index is 1060. The molecule has 0 bridgehead atoms. The second-order valence-corrected chi connectivity index (χ2v) is 11.1. The van der Waals surface area contributed by atoms with E-state index >= 15 is 0 Å². The summed E-state index contributed by atoms with van der Waals surface area (Å²) in [6.07, 6.45) is -0.413. The predicted octanol–water partition coefficient (Wildman–Crippen LogP) is 3.45.